The molecular formula is C66H73Cl3F9N21O6. The van der Waals surface area contributed by atoms with Crippen molar-refractivity contribution in [2.75, 3.05) is 93.2 Å². The van der Waals surface area contributed by atoms with Crippen LogP contribution in [0.1, 0.15) is 51.2 Å². The van der Waals surface area contributed by atoms with E-state index in [9.17, 15) is 68.3 Å². The first-order chi connectivity index (χ1) is 50.0. The zero-order valence-corrected chi connectivity index (χ0v) is 57.7. The molecule has 6 N–H and O–H groups in total. The first-order valence-corrected chi connectivity index (χ1v) is 34.3. The summed E-state index contributed by atoms with van der Waals surface area (Å²) in [5.74, 6) is -0.831. The number of H-pyrrole nitrogens is 3. The summed E-state index contributed by atoms with van der Waals surface area (Å²) in [6.45, 7) is -1.11. The van der Waals surface area contributed by atoms with Gasteiger partial charge in [-0.1, -0.05) is 48.1 Å². The molecule has 9 aromatic heterocycles. The molecule has 105 heavy (non-hydrogen) atoms. The number of amides is 6. The summed E-state index contributed by atoms with van der Waals surface area (Å²) < 4.78 is 115. The van der Waals surface area contributed by atoms with Crippen molar-refractivity contribution in [1.82, 2.24) is 90.5 Å². The second-order valence-corrected chi connectivity index (χ2v) is 26.6. The van der Waals surface area contributed by atoms with Crippen LogP contribution in [-0.2, 0) is 28.8 Å². The summed E-state index contributed by atoms with van der Waals surface area (Å²) in [5, 5.41) is 9.26. The lowest BCUT2D eigenvalue weighted by Crippen LogP contribution is -2.62. The third-order valence-corrected chi connectivity index (χ3v) is 18.7. The van der Waals surface area contributed by atoms with Crippen LogP contribution in [-0.4, -0.2) is 225 Å². The van der Waals surface area contributed by atoms with Crippen molar-refractivity contribution in [1.29, 1.82) is 0 Å². The van der Waals surface area contributed by atoms with Crippen LogP contribution in [0.4, 0.5) is 57.0 Å². The van der Waals surface area contributed by atoms with Gasteiger partial charge in [-0.3, -0.25) is 28.8 Å². The van der Waals surface area contributed by atoms with E-state index in [2.05, 4.69) is 59.8 Å². The first kappa shape index (κ1) is 74.5. The van der Waals surface area contributed by atoms with E-state index in [-0.39, 0.29) is 81.0 Å². The largest absolute Gasteiger partial charge is 0.405 e. The minimum Gasteiger partial charge on any atom is -0.345 e. The molecule has 2 aliphatic carbocycles. The highest BCUT2D eigenvalue weighted by molar-refractivity contribution is 6.32. The molecule has 6 amide bonds. The van der Waals surface area contributed by atoms with Crippen LogP contribution in [0, 0.1) is 11.8 Å². The van der Waals surface area contributed by atoms with E-state index in [1.807, 2.05) is 16.0 Å². The molecule has 14 rings (SSSR count). The van der Waals surface area contributed by atoms with Gasteiger partial charge in [-0.25, -0.2) is 44.9 Å². The van der Waals surface area contributed by atoms with Crippen molar-refractivity contribution in [2.24, 2.45) is 11.8 Å². The fourth-order valence-electron chi connectivity index (χ4n) is 12.5. The normalized spacial score (nSPS) is 18.1. The number of hydrogen-bond acceptors (Lipinski definition) is 18. The summed E-state index contributed by atoms with van der Waals surface area (Å²) >= 11 is 18.3. The molecule has 2 saturated carbocycles. The summed E-state index contributed by atoms with van der Waals surface area (Å²) in [5.41, 5.74) is 3.68. The number of aromatic nitrogens is 12. The fourth-order valence-corrected chi connectivity index (χ4v) is 13.0. The molecule has 3 atom stereocenters. The number of carbonyl (C=O) groups is 6. The van der Waals surface area contributed by atoms with E-state index in [4.69, 9.17) is 34.8 Å². The molecule has 3 aliphatic heterocycles. The molecule has 562 valence electrons. The van der Waals surface area contributed by atoms with E-state index in [1.54, 1.807) is 86.4 Å². The predicted octanol–water partition coefficient (Wildman–Crippen LogP) is 9.71. The number of alkyl halides is 9. The zero-order valence-electron chi connectivity index (χ0n) is 55.5. The van der Waals surface area contributed by atoms with Gasteiger partial charge in [0, 0.05) is 152 Å². The Labute approximate surface area is 611 Å². The average Bonchev–Trinajstić information content (AvgIpc) is 1.78. The van der Waals surface area contributed by atoms with Gasteiger partial charge in [0.1, 0.15) is 72.2 Å². The number of piperazine rings is 3. The summed E-state index contributed by atoms with van der Waals surface area (Å²) in [6, 6.07) is 6.81. The van der Waals surface area contributed by atoms with Crippen molar-refractivity contribution in [3.63, 3.8) is 0 Å². The number of nitrogens with zero attached hydrogens (tertiary/aromatic N) is 15. The number of anilines is 3. The van der Waals surface area contributed by atoms with E-state index in [0.29, 0.717) is 119 Å². The van der Waals surface area contributed by atoms with Crippen LogP contribution in [0.5, 0.6) is 0 Å². The number of aromatic amines is 3. The third kappa shape index (κ3) is 17.9. The zero-order chi connectivity index (χ0) is 74.6. The van der Waals surface area contributed by atoms with Gasteiger partial charge in [0.25, 0.3) is 0 Å². The van der Waals surface area contributed by atoms with Crippen LogP contribution in [0.3, 0.4) is 0 Å². The molecular weight excluding hydrogens is 1460 g/mol. The molecule has 0 bridgehead atoms. The lowest BCUT2D eigenvalue weighted by atomic mass is 9.84. The minimum absolute atomic E-state index is 0. The van der Waals surface area contributed by atoms with Crippen LogP contribution in [0.2, 0.25) is 15.1 Å². The van der Waals surface area contributed by atoms with Crippen LogP contribution in [0.25, 0.3) is 67.3 Å². The van der Waals surface area contributed by atoms with Gasteiger partial charge in [0.2, 0.25) is 35.4 Å². The molecule has 5 aliphatic rings. The van der Waals surface area contributed by atoms with Crippen LogP contribution in [0.15, 0.2) is 92.2 Å². The minimum atomic E-state index is -4.55. The molecule has 39 heteroatoms. The fraction of sp³-hybridized carbons (Fsp3) is 0.409. The van der Waals surface area contributed by atoms with Crippen molar-refractivity contribution in [2.45, 2.75) is 82.1 Å². The Kier molecular flexibility index (Phi) is 22.1. The number of pyridine rings is 3. The lowest BCUT2D eigenvalue weighted by molar-refractivity contribution is -0.143. The number of rotatable bonds is 15. The van der Waals surface area contributed by atoms with E-state index in [1.165, 1.54) is 42.1 Å². The number of hydrogen-bond donors (Lipinski definition) is 6. The predicted molar refractivity (Wildman–Crippen MR) is 376 cm³/mol. The van der Waals surface area contributed by atoms with Gasteiger partial charge in [-0.05, 0) is 62.1 Å². The molecule has 3 saturated heterocycles. The maximum Gasteiger partial charge on any atom is 0.405 e. The quantitative estimate of drug-likeness (QED) is 0.0520. The second-order valence-electron chi connectivity index (χ2n) is 25.3. The number of carbonyl (C=O) groups excluding carboxylic acids is 6. The lowest BCUT2D eigenvalue weighted by Gasteiger charge is -2.43. The Morgan fingerprint density at radius 2 is 0.781 bits per heavy atom. The molecule has 0 radical (unpaired) electrons. The van der Waals surface area contributed by atoms with Gasteiger partial charge in [-0.15, -0.1) is 0 Å². The van der Waals surface area contributed by atoms with Crippen molar-refractivity contribution < 1.29 is 74.0 Å². The van der Waals surface area contributed by atoms with Gasteiger partial charge < -0.3 is 60.3 Å². The SMILES string of the molecule is CCC(=O)N1CCN(c2ccnc(-c3c[nH]c4ncc(Cl)cc34)n2)[C@H](C(=O)NCC(F)(F)F)C1.O=C(NCC(F)(F)F)[C@@H]1CN(C(=O)C2CC2)CCN1c1ccnc(-c2c[nH]c3ncc(Cl)cc23)n1.O=C(NCC(F)(F)F)[C@@H]1CN(C(=O)C2CCC2)CCN1c1ccnc(-c2c[nH]c3ncc(Cl)cc23)n1.[HH].[HH].[HH].[HH]. The van der Waals surface area contributed by atoms with Gasteiger partial charge in [0.15, 0.2) is 17.5 Å². The monoisotopic (exact) mass is 1530 g/mol. The van der Waals surface area contributed by atoms with E-state index in [0.717, 1.165) is 32.1 Å². The standard InChI is InChI=1S/C23H23ClF3N7O2.C22H21ClF3N7O2.C21H21ClF3N7O2.4H2/c24-14-8-15-16(10-30-19(15)29-9-14)20-28-5-4-18(32-20)34-7-6-33(22(36)13-2-1-3-13)11-17(34)21(35)31-12-23(25,26)27;23-13-7-14-15(9-29-18(14)28-8-13)19-27-4-3-17(31-19)33-6-5-32(21(35)12-1-2-12)10-16(33)20(34)30-11-22(24,25)26;1-2-17(33)31-5-6-32(15(10-31)20(34)29-11-21(23,24)25)16-3-4-26-19(30-16)14-9-28-18-13(14)7-12(22)8-27-18;;;;/h4-5,8-10,13,17H,1-3,6-7,11-12H2,(H,29,30)(H,31,35);3-4,7-9,12,16H,1-2,5-6,10-11H2,(H,28,29)(H,30,34);3-4,7-9,15H,2,5-6,10-11H2,1H3,(H,27,28)(H,29,34);4*1H/t17-;16-;15-;;;;/m000..../s1. The Hall–Kier alpha value is -10.2. The van der Waals surface area contributed by atoms with Crippen molar-refractivity contribution in [3.8, 4) is 34.2 Å². The molecule has 5 fully saturated rings. The topological polar surface area (TPSA) is 321 Å². The highest BCUT2D eigenvalue weighted by Crippen LogP contribution is 2.36. The van der Waals surface area contributed by atoms with Crippen molar-refractivity contribution in [3.05, 3.63) is 107 Å². The molecule has 0 spiro atoms. The Morgan fingerprint density at radius 3 is 1.08 bits per heavy atom. The van der Waals surface area contributed by atoms with Crippen LogP contribution >= 0.6 is 34.8 Å². The van der Waals surface area contributed by atoms with Gasteiger partial charge in [0.05, 0.1) is 34.7 Å². The Balaban J connectivity index is 0.000000202. The summed E-state index contributed by atoms with van der Waals surface area (Å²) in [4.78, 5) is 134. The maximum atomic E-state index is 12.9. The van der Waals surface area contributed by atoms with Crippen molar-refractivity contribution >= 4 is 121 Å². The summed E-state index contributed by atoms with van der Waals surface area (Å²) in [6.07, 6.45) is 4.84. The van der Waals surface area contributed by atoms with E-state index < -0.39 is 74.0 Å². The Bertz CT molecular complexity index is 4730. The average molecular weight is 1530 g/mol. The highest BCUT2D eigenvalue weighted by atomic mass is 35.5. The molecule has 9 aromatic rings. The molecule has 0 unspecified atom stereocenters. The van der Waals surface area contributed by atoms with E-state index >= 15 is 0 Å². The molecule has 27 nitrogen and oxygen atoms in total. The second kappa shape index (κ2) is 31.2. The first-order valence-electron chi connectivity index (χ1n) is 33.1. The third-order valence-electron chi connectivity index (χ3n) is 18.1. The van der Waals surface area contributed by atoms with Crippen LogP contribution < -0.4 is 30.7 Å². The number of halogens is 12. The smallest absolute Gasteiger partial charge is 0.345 e. The van der Waals surface area contributed by atoms with Gasteiger partial charge >= 0.3 is 18.5 Å². The highest BCUT2D eigenvalue weighted by Gasteiger charge is 2.44. The number of fused-ring (bicyclic) bond motifs is 3. The summed E-state index contributed by atoms with van der Waals surface area (Å²) in [7, 11) is 0. The number of nitrogens with one attached hydrogen (secondary N) is 6. The maximum absolute atomic E-state index is 12.9. The molecule has 12 heterocycles. The molecule has 0 aromatic carbocycles. The van der Waals surface area contributed by atoms with Gasteiger partial charge in [-0.2, -0.15) is 39.5 Å². The Morgan fingerprint density at radius 1 is 0.467 bits per heavy atom.